The first-order valence-corrected chi connectivity index (χ1v) is 8.59. The molecule has 0 aromatic heterocycles. The molecule has 146 valence electrons. The van der Waals surface area contributed by atoms with Gasteiger partial charge in [0.2, 0.25) is 0 Å². The fourth-order valence-corrected chi connectivity index (χ4v) is 2.86. The third-order valence-electron chi connectivity index (χ3n) is 4.11. The standard InChI is InChI=1S/C18H22N2O7/c1-18(2,3)26-17(24)19-8-9-25-10-13(19)16(23)27-20-14(21)11-6-4-5-7-12(11)15(20)22/h4-7,13-14,21H,8-10H2,1-3H3. The predicted molar refractivity (Wildman–Crippen MR) is 91.2 cm³/mol. The van der Waals surface area contributed by atoms with Crippen LogP contribution in [0.2, 0.25) is 0 Å². The molecule has 0 bridgehead atoms. The predicted octanol–water partition coefficient (Wildman–Crippen LogP) is 1.23. The van der Waals surface area contributed by atoms with Crippen LogP contribution in [0.15, 0.2) is 24.3 Å². The lowest BCUT2D eigenvalue weighted by atomic mass is 10.1. The normalized spacial score (nSPS) is 22.4. The molecular weight excluding hydrogens is 356 g/mol. The van der Waals surface area contributed by atoms with Gasteiger partial charge in [0.05, 0.1) is 18.8 Å². The second-order valence-corrected chi connectivity index (χ2v) is 7.27. The lowest BCUT2D eigenvalue weighted by Crippen LogP contribution is -2.55. The number of aliphatic hydroxyl groups excluding tert-OH is 1. The average Bonchev–Trinajstić information content (AvgIpc) is 2.85. The Balaban J connectivity index is 1.73. The van der Waals surface area contributed by atoms with E-state index in [2.05, 4.69) is 0 Å². The number of benzene rings is 1. The third kappa shape index (κ3) is 3.88. The van der Waals surface area contributed by atoms with Crippen molar-refractivity contribution in [1.82, 2.24) is 9.96 Å². The maximum absolute atomic E-state index is 12.6. The molecule has 0 aliphatic carbocycles. The quantitative estimate of drug-likeness (QED) is 0.825. The third-order valence-corrected chi connectivity index (χ3v) is 4.11. The highest BCUT2D eigenvalue weighted by atomic mass is 16.7. The van der Waals surface area contributed by atoms with Crippen LogP contribution in [0.5, 0.6) is 0 Å². The van der Waals surface area contributed by atoms with E-state index in [4.69, 9.17) is 14.3 Å². The van der Waals surface area contributed by atoms with E-state index in [1.807, 2.05) is 0 Å². The van der Waals surface area contributed by atoms with E-state index in [0.717, 1.165) is 0 Å². The fourth-order valence-electron chi connectivity index (χ4n) is 2.86. The van der Waals surface area contributed by atoms with E-state index in [1.165, 1.54) is 11.0 Å². The Morgan fingerprint density at radius 3 is 2.63 bits per heavy atom. The van der Waals surface area contributed by atoms with Gasteiger partial charge >= 0.3 is 12.1 Å². The van der Waals surface area contributed by atoms with Crippen LogP contribution in [-0.4, -0.2) is 64.4 Å². The molecule has 9 heteroatoms. The summed E-state index contributed by atoms with van der Waals surface area (Å²) in [5.41, 5.74) is -0.132. The Kier molecular flexibility index (Phi) is 5.07. The largest absolute Gasteiger partial charge is 0.444 e. The summed E-state index contributed by atoms with van der Waals surface area (Å²) in [5, 5.41) is 10.9. The van der Waals surface area contributed by atoms with E-state index in [1.54, 1.807) is 39.0 Å². The minimum Gasteiger partial charge on any atom is -0.444 e. The van der Waals surface area contributed by atoms with Crippen molar-refractivity contribution in [3.05, 3.63) is 35.4 Å². The van der Waals surface area contributed by atoms with E-state index in [-0.39, 0.29) is 25.3 Å². The maximum Gasteiger partial charge on any atom is 0.411 e. The SMILES string of the molecule is CC(C)(C)OC(=O)N1CCOCC1C(=O)ON1C(=O)c2ccccc2C1O. The molecule has 27 heavy (non-hydrogen) atoms. The van der Waals surface area contributed by atoms with Crippen LogP contribution in [0.25, 0.3) is 0 Å². The maximum atomic E-state index is 12.6. The van der Waals surface area contributed by atoms with E-state index >= 15 is 0 Å². The highest BCUT2D eigenvalue weighted by Crippen LogP contribution is 2.32. The number of rotatable bonds is 2. The molecule has 2 amide bonds. The van der Waals surface area contributed by atoms with Gasteiger partial charge in [0, 0.05) is 12.1 Å². The molecule has 2 heterocycles. The Bertz CT molecular complexity index is 758. The van der Waals surface area contributed by atoms with Gasteiger partial charge in [0.15, 0.2) is 12.3 Å². The number of hydroxylamine groups is 2. The number of carbonyl (C=O) groups is 3. The zero-order chi connectivity index (χ0) is 19.8. The number of ether oxygens (including phenoxy) is 2. The number of hydrogen-bond donors (Lipinski definition) is 1. The second-order valence-electron chi connectivity index (χ2n) is 7.27. The van der Waals surface area contributed by atoms with Crippen LogP contribution in [0.4, 0.5) is 4.79 Å². The Morgan fingerprint density at radius 2 is 1.96 bits per heavy atom. The summed E-state index contributed by atoms with van der Waals surface area (Å²) >= 11 is 0. The van der Waals surface area contributed by atoms with Crippen molar-refractivity contribution in [2.24, 2.45) is 0 Å². The summed E-state index contributed by atoms with van der Waals surface area (Å²) in [6, 6.07) is 5.33. The summed E-state index contributed by atoms with van der Waals surface area (Å²) in [6.45, 7) is 5.45. The minimum absolute atomic E-state index is 0.0941. The molecule has 1 N–H and O–H groups in total. The van der Waals surface area contributed by atoms with Crippen molar-refractivity contribution in [1.29, 1.82) is 0 Å². The van der Waals surface area contributed by atoms with Crippen molar-refractivity contribution in [3.8, 4) is 0 Å². The van der Waals surface area contributed by atoms with Crippen LogP contribution < -0.4 is 0 Å². The number of carbonyl (C=O) groups excluding carboxylic acids is 3. The number of amides is 2. The van der Waals surface area contributed by atoms with Crippen molar-refractivity contribution in [2.75, 3.05) is 19.8 Å². The molecule has 3 rings (SSSR count). The summed E-state index contributed by atoms with van der Waals surface area (Å²) < 4.78 is 10.6. The number of fused-ring (bicyclic) bond motifs is 1. The summed E-state index contributed by atoms with van der Waals surface area (Å²) in [6.07, 6.45) is -2.08. The lowest BCUT2D eigenvalue weighted by Gasteiger charge is -2.35. The first-order valence-electron chi connectivity index (χ1n) is 8.59. The lowest BCUT2D eigenvalue weighted by molar-refractivity contribution is -0.216. The number of nitrogens with zero attached hydrogens (tertiary/aromatic N) is 2. The first-order chi connectivity index (χ1) is 12.7. The van der Waals surface area contributed by atoms with Crippen LogP contribution in [-0.2, 0) is 19.1 Å². The molecule has 9 nitrogen and oxygen atoms in total. The highest BCUT2D eigenvalue weighted by molar-refractivity contribution is 5.99. The van der Waals surface area contributed by atoms with E-state index < -0.39 is 35.8 Å². The van der Waals surface area contributed by atoms with Crippen molar-refractivity contribution in [3.63, 3.8) is 0 Å². The number of hydrogen-bond acceptors (Lipinski definition) is 7. The Labute approximate surface area is 156 Å². The zero-order valence-corrected chi connectivity index (χ0v) is 15.4. The fraction of sp³-hybridized carbons (Fsp3) is 0.500. The molecule has 1 fully saturated rings. The van der Waals surface area contributed by atoms with Crippen molar-refractivity contribution >= 4 is 18.0 Å². The molecule has 2 aliphatic rings. The Hall–Kier alpha value is -2.65. The Morgan fingerprint density at radius 1 is 1.26 bits per heavy atom. The minimum atomic E-state index is -1.41. The summed E-state index contributed by atoms with van der Waals surface area (Å²) in [4.78, 5) is 43.7. The molecule has 2 atom stereocenters. The van der Waals surface area contributed by atoms with Crippen LogP contribution in [0.3, 0.4) is 0 Å². The van der Waals surface area contributed by atoms with Crippen molar-refractivity contribution < 1.29 is 33.8 Å². The number of aliphatic hydroxyl groups is 1. The topological polar surface area (TPSA) is 106 Å². The van der Waals surface area contributed by atoms with Crippen molar-refractivity contribution in [2.45, 2.75) is 38.6 Å². The summed E-state index contributed by atoms with van der Waals surface area (Å²) in [7, 11) is 0. The molecule has 1 saturated heterocycles. The van der Waals surface area contributed by atoms with Gasteiger partial charge in [-0.05, 0) is 26.8 Å². The van der Waals surface area contributed by atoms with Gasteiger partial charge in [-0.3, -0.25) is 9.69 Å². The molecule has 2 unspecified atom stereocenters. The molecule has 1 aromatic rings. The highest BCUT2D eigenvalue weighted by Gasteiger charge is 2.42. The van der Waals surface area contributed by atoms with Gasteiger partial charge in [0.1, 0.15) is 5.60 Å². The van der Waals surface area contributed by atoms with E-state index in [0.29, 0.717) is 10.6 Å². The van der Waals surface area contributed by atoms with Gasteiger partial charge in [-0.1, -0.05) is 18.2 Å². The molecule has 2 aliphatic heterocycles. The van der Waals surface area contributed by atoms with E-state index in [9.17, 15) is 19.5 Å². The number of morpholine rings is 1. The van der Waals surface area contributed by atoms with Crippen LogP contribution in [0.1, 0.15) is 42.9 Å². The molecule has 0 saturated carbocycles. The van der Waals surface area contributed by atoms with Gasteiger partial charge in [-0.25, -0.2) is 9.59 Å². The summed E-state index contributed by atoms with van der Waals surface area (Å²) in [5.74, 6) is -1.52. The van der Waals surface area contributed by atoms with Crippen LogP contribution in [0, 0.1) is 0 Å². The molecule has 1 aromatic carbocycles. The second kappa shape index (κ2) is 7.16. The van der Waals surface area contributed by atoms with Gasteiger partial charge in [0.25, 0.3) is 5.91 Å². The van der Waals surface area contributed by atoms with Gasteiger partial charge in [-0.2, -0.15) is 0 Å². The zero-order valence-electron chi connectivity index (χ0n) is 15.4. The molecule has 0 radical (unpaired) electrons. The molecule has 0 spiro atoms. The smallest absolute Gasteiger partial charge is 0.411 e. The first kappa shape index (κ1) is 19.1. The average molecular weight is 378 g/mol. The molecular formula is C18H22N2O7. The van der Waals surface area contributed by atoms with Gasteiger partial charge < -0.3 is 19.4 Å². The monoisotopic (exact) mass is 378 g/mol. The van der Waals surface area contributed by atoms with Crippen LogP contribution >= 0.6 is 0 Å². The van der Waals surface area contributed by atoms with Gasteiger partial charge in [-0.15, -0.1) is 5.06 Å².